The lowest BCUT2D eigenvalue weighted by atomic mass is 10.2. The summed E-state index contributed by atoms with van der Waals surface area (Å²) in [6, 6.07) is 6.27. The Morgan fingerprint density at radius 3 is 3.10 bits per heavy atom. The molecule has 0 amide bonds. The maximum absolute atomic E-state index is 13.2. The molecular formula is C16H19FN2O2. The predicted molar refractivity (Wildman–Crippen MR) is 77.2 cm³/mol. The Bertz CT molecular complexity index is 593. The molecule has 3 rings (SSSR count). The van der Waals surface area contributed by atoms with Crippen molar-refractivity contribution >= 4 is 0 Å². The molecule has 21 heavy (non-hydrogen) atoms. The van der Waals surface area contributed by atoms with Gasteiger partial charge in [0.25, 0.3) is 0 Å². The second kappa shape index (κ2) is 6.37. The lowest BCUT2D eigenvalue weighted by molar-refractivity contribution is 0.0790. The molecule has 0 bridgehead atoms. The molecule has 2 heterocycles. The average Bonchev–Trinajstić information content (AvgIpc) is 3.10. The molecule has 4 nitrogen and oxygen atoms in total. The van der Waals surface area contributed by atoms with Gasteiger partial charge in [-0.2, -0.15) is 0 Å². The molecule has 1 saturated heterocycles. The summed E-state index contributed by atoms with van der Waals surface area (Å²) in [5, 5.41) is 0. The van der Waals surface area contributed by atoms with E-state index in [-0.39, 0.29) is 5.82 Å². The van der Waals surface area contributed by atoms with Crippen LogP contribution in [0.25, 0.3) is 11.5 Å². The van der Waals surface area contributed by atoms with Crippen molar-refractivity contribution in [3.8, 4) is 11.5 Å². The Labute approximate surface area is 123 Å². The molecule has 1 atom stereocenters. The number of oxazole rings is 1. The van der Waals surface area contributed by atoms with Crippen LogP contribution >= 0.6 is 0 Å². The molecule has 1 aliphatic rings. The molecule has 0 N–H and O–H groups in total. The molecule has 1 aromatic heterocycles. The summed E-state index contributed by atoms with van der Waals surface area (Å²) in [7, 11) is 2.04. The second-order valence-corrected chi connectivity index (χ2v) is 5.49. The third-order valence-electron chi connectivity index (χ3n) is 3.59. The lowest BCUT2D eigenvalue weighted by Gasteiger charge is -2.18. The van der Waals surface area contributed by atoms with E-state index in [0.29, 0.717) is 24.1 Å². The number of aromatic nitrogens is 1. The van der Waals surface area contributed by atoms with Crippen molar-refractivity contribution in [2.45, 2.75) is 25.5 Å². The second-order valence-electron chi connectivity index (χ2n) is 5.49. The maximum Gasteiger partial charge on any atom is 0.226 e. The maximum atomic E-state index is 13.2. The zero-order chi connectivity index (χ0) is 14.7. The minimum Gasteiger partial charge on any atom is -0.444 e. The van der Waals surface area contributed by atoms with Gasteiger partial charge in [-0.1, -0.05) is 6.07 Å². The van der Waals surface area contributed by atoms with Gasteiger partial charge < -0.3 is 9.15 Å². The molecule has 2 aromatic rings. The van der Waals surface area contributed by atoms with Crippen LogP contribution in [0, 0.1) is 5.82 Å². The van der Waals surface area contributed by atoms with Crippen LogP contribution in [0.4, 0.5) is 4.39 Å². The standard InChI is InChI=1S/C16H19FN2O2/c1-19(10-15-6-3-7-20-15)9-14-11-21-16(18-14)12-4-2-5-13(17)8-12/h2,4-5,8,11,15H,3,6-7,9-10H2,1H3. The first-order valence-electron chi connectivity index (χ1n) is 7.21. The Kier molecular flexibility index (Phi) is 4.31. The van der Waals surface area contributed by atoms with E-state index in [0.717, 1.165) is 31.7 Å². The summed E-state index contributed by atoms with van der Waals surface area (Å²) in [4.78, 5) is 6.59. The van der Waals surface area contributed by atoms with Crippen molar-refractivity contribution < 1.29 is 13.5 Å². The van der Waals surface area contributed by atoms with Crippen LogP contribution in [0.2, 0.25) is 0 Å². The molecular weight excluding hydrogens is 271 g/mol. The minimum absolute atomic E-state index is 0.289. The summed E-state index contributed by atoms with van der Waals surface area (Å²) in [6.07, 6.45) is 4.22. The zero-order valence-electron chi connectivity index (χ0n) is 12.1. The number of halogens is 1. The first-order valence-corrected chi connectivity index (χ1v) is 7.21. The summed E-state index contributed by atoms with van der Waals surface area (Å²) in [5.74, 6) is 0.165. The highest BCUT2D eigenvalue weighted by atomic mass is 19.1. The van der Waals surface area contributed by atoms with E-state index in [1.807, 2.05) is 7.05 Å². The van der Waals surface area contributed by atoms with Gasteiger partial charge in [0.15, 0.2) is 0 Å². The topological polar surface area (TPSA) is 38.5 Å². The third-order valence-corrected chi connectivity index (χ3v) is 3.59. The number of nitrogens with zero attached hydrogens (tertiary/aromatic N) is 2. The number of hydrogen-bond acceptors (Lipinski definition) is 4. The fraction of sp³-hybridized carbons (Fsp3) is 0.438. The van der Waals surface area contributed by atoms with E-state index in [9.17, 15) is 4.39 Å². The Morgan fingerprint density at radius 2 is 2.33 bits per heavy atom. The number of benzene rings is 1. The fourth-order valence-electron chi connectivity index (χ4n) is 2.61. The molecule has 5 heteroatoms. The van der Waals surface area contributed by atoms with Gasteiger partial charge in [0, 0.05) is 25.3 Å². The van der Waals surface area contributed by atoms with Gasteiger partial charge in [-0.05, 0) is 38.1 Å². The van der Waals surface area contributed by atoms with Crippen LogP contribution < -0.4 is 0 Å². The van der Waals surface area contributed by atoms with E-state index in [1.54, 1.807) is 18.4 Å². The van der Waals surface area contributed by atoms with E-state index < -0.39 is 0 Å². The van der Waals surface area contributed by atoms with Crippen molar-refractivity contribution in [3.05, 3.63) is 42.0 Å². The highest BCUT2D eigenvalue weighted by molar-refractivity contribution is 5.52. The fourth-order valence-corrected chi connectivity index (χ4v) is 2.61. The molecule has 112 valence electrons. The molecule has 0 spiro atoms. The first kappa shape index (κ1) is 14.2. The lowest BCUT2D eigenvalue weighted by Crippen LogP contribution is -2.28. The highest BCUT2D eigenvalue weighted by Crippen LogP contribution is 2.20. The molecule has 1 aromatic carbocycles. The minimum atomic E-state index is -0.289. The van der Waals surface area contributed by atoms with Crippen molar-refractivity contribution in [3.63, 3.8) is 0 Å². The van der Waals surface area contributed by atoms with Crippen LogP contribution in [0.1, 0.15) is 18.5 Å². The molecule has 0 saturated carbocycles. The van der Waals surface area contributed by atoms with Crippen molar-refractivity contribution in [1.29, 1.82) is 0 Å². The van der Waals surface area contributed by atoms with Crippen molar-refractivity contribution in [2.75, 3.05) is 20.2 Å². The van der Waals surface area contributed by atoms with E-state index >= 15 is 0 Å². The number of rotatable bonds is 5. The van der Waals surface area contributed by atoms with Crippen LogP contribution in [0.15, 0.2) is 34.9 Å². The Balaban J connectivity index is 1.62. The summed E-state index contributed by atoms with van der Waals surface area (Å²) in [6.45, 7) is 2.45. The van der Waals surface area contributed by atoms with Gasteiger partial charge in [0.1, 0.15) is 12.1 Å². The monoisotopic (exact) mass is 290 g/mol. The molecule has 1 aliphatic heterocycles. The number of ether oxygens (including phenoxy) is 1. The molecule has 1 fully saturated rings. The number of likely N-dealkylation sites (N-methyl/N-ethyl adjacent to an activating group) is 1. The van der Waals surface area contributed by atoms with E-state index in [2.05, 4.69) is 9.88 Å². The normalized spacial score (nSPS) is 18.5. The molecule has 0 radical (unpaired) electrons. The third kappa shape index (κ3) is 3.68. The van der Waals surface area contributed by atoms with Gasteiger partial charge in [-0.3, -0.25) is 4.90 Å². The average molecular weight is 290 g/mol. The van der Waals surface area contributed by atoms with Crippen LogP contribution in [0.3, 0.4) is 0 Å². The van der Waals surface area contributed by atoms with Gasteiger partial charge >= 0.3 is 0 Å². The highest BCUT2D eigenvalue weighted by Gasteiger charge is 2.18. The van der Waals surface area contributed by atoms with Gasteiger partial charge in [-0.15, -0.1) is 0 Å². The Hall–Kier alpha value is -1.72. The quantitative estimate of drug-likeness (QED) is 0.848. The van der Waals surface area contributed by atoms with Crippen LogP contribution in [-0.2, 0) is 11.3 Å². The smallest absolute Gasteiger partial charge is 0.226 e. The largest absolute Gasteiger partial charge is 0.444 e. The van der Waals surface area contributed by atoms with E-state index in [1.165, 1.54) is 12.1 Å². The van der Waals surface area contributed by atoms with E-state index in [4.69, 9.17) is 9.15 Å². The van der Waals surface area contributed by atoms with Crippen LogP contribution in [0.5, 0.6) is 0 Å². The van der Waals surface area contributed by atoms with Gasteiger partial charge in [0.05, 0.1) is 11.8 Å². The summed E-state index contributed by atoms with van der Waals surface area (Å²) in [5.41, 5.74) is 1.50. The zero-order valence-corrected chi connectivity index (χ0v) is 12.1. The predicted octanol–water partition coefficient (Wildman–Crippen LogP) is 3.09. The molecule has 1 unspecified atom stereocenters. The number of hydrogen-bond donors (Lipinski definition) is 0. The van der Waals surface area contributed by atoms with Gasteiger partial charge in [0.2, 0.25) is 5.89 Å². The van der Waals surface area contributed by atoms with Crippen molar-refractivity contribution in [2.24, 2.45) is 0 Å². The van der Waals surface area contributed by atoms with Crippen molar-refractivity contribution in [1.82, 2.24) is 9.88 Å². The first-order chi connectivity index (χ1) is 10.2. The van der Waals surface area contributed by atoms with Crippen LogP contribution in [-0.4, -0.2) is 36.2 Å². The Morgan fingerprint density at radius 1 is 1.43 bits per heavy atom. The summed E-state index contributed by atoms with van der Waals surface area (Å²) >= 11 is 0. The molecule has 0 aliphatic carbocycles. The van der Waals surface area contributed by atoms with Gasteiger partial charge in [-0.25, -0.2) is 9.37 Å². The SMILES string of the molecule is CN(Cc1coc(-c2cccc(F)c2)n1)CC1CCCO1. The summed E-state index contributed by atoms with van der Waals surface area (Å²) < 4.78 is 24.3.